The molecule has 9 heteroatoms. The number of ether oxygens (including phenoxy) is 1. The lowest BCUT2D eigenvalue weighted by Gasteiger charge is -2.74. The van der Waals surface area contributed by atoms with Gasteiger partial charge in [-0.25, -0.2) is 0 Å². The van der Waals surface area contributed by atoms with Crippen LogP contribution in [0, 0.1) is 39.9 Å². The summed E-state index contributed by atoms with van der Waals surface area (Å²) in [4.78, 5) is 16.0. The molecule has 9 nitrogen and oxygen atoms in total. The highest BCUT2D eigenvalue weighted by atomic mass is 16.6. The van der Waals surface area contributed by atoms with Gasteiger partial charge in [0.05, 0.1) is 18.8 Å². The first-order chi connectivity index (χ1) is 15.8. The lowest BCUT2D eigenvalue weighted by atomic mass is 9.35. The molecular formula is C25H39N3O6. The number of nitrogens with zero attached hydrogens (tertiary/aromatic N) is 3. The SMILES string of the molecule is C=C1C(=O)[C@]23[C@@H](O)[C@H]1CC[C@H]2[C@@]12CO[C@@]3(O)[C@@H](O)[C@@H]1C(C)(C)CC[C@@H]2O.CC(C)CCN=[N+]=[N-]. The summed E-state index contributed by atoms with van der Waals surface area (Å²) in [6.07, 6.45) is 0.243. The van der Waals surface area contributed by atoms with Crippen LogP contribution in [0.4, 0.5) is 0 Å². The van der Waals surface area contributed by atoms with E-state index in [2.05, 4.69) is 30.5 Å². The zero-order chi connectivity index (χ0) is 25.3. The van der Waals surface area contributed by atoms with Crippen LogP contribution in [0.3, 0.4) is 0 Å². The van der Waals surface area contributed by atoms with E-state index in [0.717, 1.165) is 12.8 Å². The smallest absolute Gasteiger partial charge is 0.208 e. The summed E-state index contributed by atoms with van der Waals surface area (Å²) in [5, 5.41) is 48.5. The van der Waals surface area contributed by atoms with E-state index in [4.69, 9.17) is 10.3 Å². The highest BCUT2D eigenvalue weighted by molar-refractivity contribution is 6.05. The number of carbonyl (C=O) groups is 1. The van der Waals surface area contributed by atoms with Gasteiger partial charge in [0.25, 0.3) is 0 Å². The molecule has 0 unspecified atom stereocenters. The summed E-state index contributed by atoms with van der Waals surface area (Å²) in [5.41, 5.74) is 5.35. The van der Waals surface area contributed by atoms with E-state index >= 15 is 0 Å². The third kappa shape index (κ3) is 2.98. The number of hydrogen-bond acceptors (Lipinski definition) is 7. The van der Waals surface area contributed by atoms with Gasteiger partial charge in [0.2, 0.25) is 5.79 Å². The topological polar surface area (TPSA) is 156 Å². The molecule has 4 saturated carbocycles. The van der Waals surface area contributed by atoms with Gasteiger partial charge in [-0.05, 0) is 60.5 Å². The summed E-state index contributed by atoms with van der Waals surface area (Å²) in [6, 6.07) is 0. The summed E-state index contributed by atoms with van der Waals surface area (Å²) >= 11 is 0. The van der Waals surface area contributed by atoms with Crippen molar-refractivity contribution in [2.24, 2.45) is 45.0 Å². The van der Waals surface area contributed by atoms with Gasteiger partial charge in [-0.1, -0.05) is 39.4 Å². The number of azide groups is 1. The first-order valence-corrected chi connectivity index (χ1v) is 12.5. The fourth-order valence-electron chi connectivity index (χ4n) is 8.26. The third-order valence-corrected chi connectivity index (χ3v) is 9.75. The molecule has 6 aliphatic rings. The van der Waals surface area contributed by atoms with E-state index in [1.165, 1.54) is 0 Å². The van der Waals surface area contributed by atoms with Crippen molar-refractivity contribution in [3.8, 4) is 0 Å². The summed E-state index contributed by atoms with van der Waals surface area (Å²) in [5.74, 6) is -3.16. The third-order valence-electron chi connectivity index (χ3n) is 9.75. The van der Waals surface area contributed by atoms with E-state index in [1.807, 2.05) is 13.8 Å². The number of rotatable bonds is 3. The molecule has 0 amide bonds. The molecule has 4 N–H and O–H groups in total. The Bertz CT molecular complexity index is 916. The Kier molecular flexibility index (Phi) is 6.24. The van der Waals surface area contributed by atoms with Crippen LogP contribution in [0.15, 0.2) is 17.3 Å². The minimum atomic E-state index is -2.15. The van der Waals surface area contributed by atoms with Crippen LogP contribution < -0.4 is 0 Å². The Morgan fingerprint density at radius 1 is 1.21 bits per heavy atom. The van der Waals surface area contributed by atoms with Crippen LogP contribution in [0.2, 0.25) is 0 Å². The van der Waals surface area contributed by atoms with Crippen LogP contribution in [0.5, 0.6) is 0 Å². The number of hydrogen-bond donors (Lipinski definition) is 4. The van der Waals surface area contributed by atoms with Crippen LogP contribution in [0.1, 0.15) is 59.8 Å². The Morgan fingerprint density at radius 2 is 1.88 bits per heavy atom. The normalized spacial score (nSPS) is 47.9. The van der Waals surface area contributed by atoms with Crippen LogP contribution in [-0.4, -0.2) is 63.5 Å². The van der Waals surface area contributed by atoms with E-state index in [9.17, 15) is 25.2 Å². The largest absolute Gasteiger partial charge is 0.392 e. The maximum absolute atomic E-state index is 13.3. The number of aliphatic hydroxyl groups excluding tert-OH is 3. The molecule has 0 radical (unpaired) electrons. The van der Waals surface area contributed by atoms with Gasteiger partial charge >= 0.3 is 0 Å². The zero-order valence-corrected chi connectivity index (χ0v) is 20.6. The molecule has 2 aliphatic heterocycles. The Balaban J connectivity index is 0.000000297. The summed E-state index contributed by atoms with van der Waals surface area (Å²) in [7, 11) is 0. The van der Waals surface area contributed by atoms with Crippen molar-refractivity contribution in [3.05, 3.63) is 22.6 Å². The fourth-order valence-corrected chi connectivity index (χ4v) is 8.26. The minimum Gasteiger partial charge on any atom is -0.392 e. The predicted octanol–water partition coefficient (Wildman–Crippen LogP) is 2.72. The molecular weight excluding hydrogens is 438 g/mol. The van der Waals surface area contributed by atoms with Crippen LogP contribution in [0.25, 0.3) is 10.4 Å². The number of carbonyl (C=O) groups excluding carboxylic acids is 1. The number of aliphatic hydroxyl groups is 4. The van der Waals surface area contributed by atoms with E-state index in [-0.39, 0.29) is 12.0 Å². The van der Waals surface area contributed by atoms with Gasteiger partial charge in [0.15, 0.2) is 5.78 Å². The Labute approximate surface area is 200 Å². The molecule has 9 atom stereocenters. The molecule has 2 heterocycles. The van der Waals surface area contributed by atoms with Crippen LogP contribution in [-0.2, 0) is 9.53 Å². The van der Waals surface area contributed by atoms with Crippen molar-refractivity contribution in [1.29, 1.82) is 0 Å². The molecule has 2 spiro atoms. The van der Waals surface area contributed by atoms with E-state index in [0.29, 0.717) is 37.3 Å². The van der Waals surface area contributed by atoms with Crippen molar-refractivity contribution in [1.82, 2.24) is 0 Å². The first kappa shape index (κ1) is 25.6. The van der Waals surface area contributed by atoms with Crippen molar-refractivity contribution in [2.75, 3.05) is 13.2 Å². The number of fused-ring (bicyclic) bond motifs is 2. The first-order valence-electron chi connectivity index (χ1n) is 12.5. The van der Waals surface area contributed by atoms with Crippen molar-refractivity contribution in [2.45, 2.75) is 83.9 Å². The quantitative estimate of drug-likeness (QED) is 0.212. The predicted molar refractivity (Wildman–Crippen MR) is 124 cm³/mol. The number of Topliss-reactive ketones (excluding diaryl/α,β-unsaturated/α-hetero) is 1. The maximum Gasteiger partial charge on any atom is 0.208 e. The molecule has 0 aromatic rings. The Hall–Kier alpha value is -1.48. The van der Waals surface area contributed by atoms with Gasteiger partial charge in [-0.15, -0.1) is 0 Å². The molecule has 2 saturated heterocycles. The average molecular weight is 478 g/mol. The molecule has 4 aliphatic carbocycles. The molecule has 6 rings (SSSR count). The second-order valence-corrected chi connectivity index (χ2v) is 12.1. The zero-order valence-electron chi connectivity index (χ0n) is 20.6. The fraction of sp³-hybridized carbons (Fsp3) is 0.880. The van der Waals surface area contributed by atoms with Gasteiger partial charge in [0, 0.05) is 28.7 Å². The van der Waals surface area contributed by atoms with Crippen molar-refractivity contribution in [3.63, 3.8) is 0 Å². The second kappa shape index (κ2) is 8.29. The lowest BCUT2D eigenvalue weighted by molar-refractivity contribution is -0.458. The number of ketones is 1. The van der Waals surface area contributed by atoms with Crippen molar-refractivity contribution < 1.29 is 30.0 Å². The average Bonchev–Trinajstić information content (AvgIpc) is 2.87. The molecule has 34 heavy (non-hydrogen) atoms. The highest BCUT2D eigenvalue weighted by Gasteiger charge is 2.86. The minimum absolute atomic E-state index is 0.0966. The standard InChI is InChI=1S/C20H28O6.C5H11N3/c1-9-10-4-5-11-18-8-26-20(25,19(11,14(9)22)15(10)23)16(24)13(18)17(2,3)7-6-12(18)21;1-5(2)3-4-7-8-6/h10-13,15-16,21,23-25H,1,4-8H2,2-3H3;5H,3-4H2,1-2H3/t10-,11-,12-,13+,15-,16-,18+,19-,20-;/m0./s1. The van der Waals surface area contributed by atoms with Gasteiger partial charge in [0.1, 0.15) is 11.5 Å². The highest BCUT2D eigenvalue weighted by Crippen LogP contribution is 2.76. The summed E-state index contributed by atoms with van der Waals surface area (Å²) in [6.45, 7) is 12.9. The monoisotopic (exact) mass is 477 g/mol. The van der Waals surface area contributed by atoms with Gasteiger partial charge in [-0.2, -0.15) is 0 Å². The van der Waals surface area contributed by atoms with Crippen molar-refractivity contribution >= 4 is 5.78 Å². The summed E-state index contributed by atoms with van der Waals surface area (Å²) < 4.78 is 5.80. The molecule has 0 aromatic carbocycles. The molecule has 4 bridgehead atoms. The van der Waals surface area contributed by atoms with E-state index in [1.54, 1.807) is 0 Å². The van der Waals surface area contributed by atoms with Crippen LogP contribution >= 0.6 is 0 Å². The Morgan fingerprint density at radius 3 is 2.50 bits per heavy atom. The molecule has 190 valence electrons. The van der Waals surface area contributed by atoms with Gasteiger partial charge < -0.3 is 25.2 Å². The molecule has 6 fully saturated rings. The van der Waals surface area contributed by atoms with Gasteiger partial charge in [-0.3, -0.25) is 4.79 Å². The molecule has 0 aromatic heterocycles. The maximum atomic E-state index is 13.3. The van der Waals surface area contributed by atoms with E-state index < -0.39 is 58.5 Å². The lowest BCUT2D eigenvalue weighted by Crippen LogP contribution is -2.85. The second-order valence-electron chi connectivity index (χ2n) is 12.1.